The van der Waals surface area contributed by atoms with E-state index >= 15 is 0 Å². The van der Waals surface area contributed by atoms with E-state index in [4.69, 9.17) is 0 Å². The van der Waals surface area contributed by atoms with Gasteiger partial charge < -0.3 is 10.1 Å². The molecule has 0 bridgehead atoms. The van der Waals surface area contributed by atoms with Gasteiger partial charge in [0.05, 0.1) is 13.0 Å². The van der Waals surface area contributed by atoms with E-state index in [9.17, 15) is 4.79 Å². The first-order valence-corrected chi connectivity index (χ1v) is 6.32. The van der Waals surface area contributed by atoms with Gasteiger partial charge in [0.1, 0.15) is 0 Å². The van der Waals surface area contributed by atoms with Crippen LogP contribution in [0.25, 0.3) is 0 Å². The molecule has 3 nitrogen and oxygen atoms in total. The van der Waals surface area contributed by atoms with E-state index in [2.05, 4.69) is 26.0 Å². The minimum absolute atomic E-state index is 0.103. The fourth-order valence-electron chi connectivity index (χ4n) is 1.14. The van der Waals surface area contributed by atoms with Crippen LogP contribution in [0.1, 0.15) is 11.8 Å². The summed E-state index contributed by atoms with van der Waals surface area (Å²) in [5.74, 6) is -0.276. The van der Waals surface area contributed by atoms with Crippen molar-refractivity contribution in [1.29, 1.82) is 0 Å². The van der Waals surface area contributed by atoms with Crippen LogP contribution < -0.4 is 5.32 Å². The number of carbonyl (C=O) groups is 1. The Morgan fingerprint density at radius 3 is 3.00 bits per heavy atom. The quantitative estimate of drug-likeness (QED) is 0.847. The van der Waals surface area contributed by atoms with Crippen molar-refractivity contribution in [3.63, 3.8) is 0 Å². The van der Waals surface area contributed by atoms with E-state index in [-0.39, 0.29) is 11.9 Å². The average molecular weight is 292 g/mol. The molecule has 0 aliphatic carbocycles. The molecule has 1 rings (SSSR count). The highest BCUT2D eigenvalue weighted by molar-refractivity contribution is 9.10. The molecule has 0 fully saturated rings. The van der Waals surface area contributed by atoms with Crippen molar-refractivity contribution in [2.75, 3.05) is 13.7 Å². The number of halogens is 1. The maximum atomic E-state index is 11.1. The van der Waals surface area contributed by atoms with Crippen molar-refractivity contribution in [1.82, 2.24) is 5.32 Å². The Balaban J connectivity index is 2.28. The van der Waals surface area contributed by atoms with Gasteiger partial charge in [0.15, 0.2) is 0 Å². The third-order valence-corrected chi connectivity index (χ3v) is 3.96. The Labute approximate surface area is 102 Å². The van der Waals surface area contributed by atoms with Crippen LogP contribution in [-0.4, -0.2) is 19.6 Å². The summed E-state index contributed by atoms with van der Waals surface area (Å²) in [6.07, 6.45) is 0. The lowest BCUT2D eigenvalue weighted by Crippen LogP contribution is -2.26. The zero-order valence-electron chi connectivity index (χ0n) is 8.75. The number of hydrogen-bond acceptors (Lipinski definition) is 4. The first kappa shape index (κ1) is 12.7. The lowest BCUT2D eigenvalue weighted by molar-refractivity contribution is -0.144. The summed E-state index contributed by atoms with van der Waals surface area (Å²) >= 11 is 5.14. The van der Waals surface area contributed by atoms with Crippen LogP contribution in [0, 0.1) is 5.92 Å². The van der Waals surface area contributed by atoms with Gasteiger partial charge in [0.2, 0.25) is 0 Å². The predicted molar refractivity (Wildman–Crippen MR) is 64.9 cm³/mol. The maximum Gasteiger partial charge on any atom is 0.309 e. The molecule has 1 aromatic heterocycles. The van der Waals surface area contributed by atoms with Crippen LogP contribution >= 0.6 is 27.3 Å². The lowest BCUT2D eigenvalue weighted by Gasteiger charge is -2.09. The molecule has 0 aliphatic heterocycles. The summed E-state index contributed by atoms with van der Waals surface area (Å²) < 4.78 is 5.75. The van der Waals surface area contributed by atoms with Crippen LogP contribution in [0.5, 0.6) is 0 Å². The molecule has 15 heavy (non-hydrogen) atoms. The van der Waals surface area contributed by atoms with Crippen molar-refractivity contribution in [3.8, 4) is 0 Å². The maximum absolute atomic E-state index is 11.1. The summed E-state index contributed by atoms with van der Waals surface area (Å²) in [4.78, 5) is 12.3. The standard InChI is InChI=1S/C10H14BrNO2S/c1-7(10(13)14-2)5-12-6-9-8(11)3-4-15-9/h3-4,7,12H,5-6H2,1-2H3. The molecule has 1 N–H and O–H groups in total. The van der Waals surface area contributed by atoms with Crippen molar-refractivity contribution < 1.29 is 9.53 Å². The fourth-order valence-corrected chi connectivity index (χ4v) is 2.60. The fraction of sp³-hybridized carbons (Fsp3) is 0.500. The molecular weight excluding hydrogens is 278 g/mol. The van der Waals surface area contributed by atoms with E-state index in [1.807, 2.05) is 18.4 Å². The van der Waals surface area contributed by atoms with Gasteiger partial charge in [0.25, 0.3) is 0 Å². The number of ether oxygens (including phenoxy) is 1. The summed E-state index contributed by atoms with van der Waals surface area (Å²) in [5.41, 5.74) is 0. The molecule has 1 unspecified atom stereocenters. The number of nitrogens with one attached hydrogen (secondary N) is 1. The smallest absolute Gasteiger partial charge is 0.309 e. The van der Waals surface area contributed by atoms with E-state index in [1.165, 1.54) is 12.0 Å². The number of thiophene rings is 1. The molecule has 1 atom stereocenters. The Bertz CT molecular complexity index is 327. The second-order valence-corrected chi connectivity index (χ2v) is 5.10. The number of esters is 1. The normalized spacial score (nSPS) is 12.5. The minimum atomic E-state index is -0.173. The van der Waals surface area contributed by atoms with E-state index in [1.54, 1.807) is 11.3 Å². The average Bonchev–Trinajstić information content (AvgIpc) is 2.63. The van der Waals surface area contributed by atoms with Crippen molar-refractivity contribution in [3.05, 3.63) is 20.8 Å². The molecule has 0 spiro atoms. The minimum Gasteiger partial charge on any atom is -0.469 e. The molecule has 84 valence electrons. The number of hydrogen-bond donors (Lipinski definition) is 1. The second kappa shape index (κ2) is 6.25. The summed E-state index contributed by atoms with van der Waals surface area (Å²) in [7, 11) is 1.41. The Kier molecular flexibility index (Phi) is 5.28. The van der Waals surface area contributed by atoms with Gasteiger partial charge >= 0.3 is 5.97 Å². The second-order valence-electron chi connectivity index (χ2n) is 3.25. The first-order valence-electron chi connectivity index (χ1n) is 4.65. The number of carbonyl (C=O) groups excluding carboxylic acids is 1. The largest absolute Gasteiger partial charge is 0.469 e. The van der Waals surface area contributed by atoms with Crippen LogP contribution in [0.15, 0.2) is 15.9 Å². The van der Waals surface area contributed by atoms with E-state index < -0.39 is 0 Å². The third kappa shape index (κ3) is 3.93. The van der Waals surface area contributed by atoms with E-state index in [0.29, 0.717) is 6.54 Å². The van der Waals surface area contributed by atoms with Crippen molar-refractivity contribution >= 4 is 33.2 Å². The zero-order chi connectivity index (χ0) is 11.3. The topological polar surface area (TPSA) is 38.3 Å². The molecule has 0 aromatic carbocycles. The van der Waals surface area contributed by atoms with Gasteiger partial charge in [-0.05, 0) is 27.4 Å². The molecule has 0 aliphatic rings. The molecule has 1 aromatic rings. The van der Waals surface area contributed by atoms with Gasteiger partial charge in [-0.25, -0.2) is 0 Å². The van der Waals surface area contributed by atoms with Crippen molar-refractivity contribution in [2.45, 2.75) is 13.5 Å². The Morgan fingerprint density at radius 1 is 1.73 bits per heavy atom. The van der Waals surface area contributed by atoms with Crippen LogP contribution in [0.3, 0.4) is 0 Å². The summed E-state index contributed by atoms with van der Waals surface area (Å²) in [5, 5.41) is 5.26. The van der Waals surface area contributed by atoms with E-state index in [0.717, 1.165) is 11.0 Å². The van der Waals surface area contributed by atoms with Gasteiger partial charge in [-0.2, -0.15) is 0 Å². The Morgan fingerprint density at radius 2 is 2.47 bits per heavy atom. The van der Waals surface area contributed by atoms with Crippen LogP contribution in [0.4, 0.5) is 0 Å². The van der Waals surface area contributed by atoms with Crippen LogP contribution in [0.2, 0.25) is 0 Å². The zero-order valence-corrected chi connectivity index (χ0v) is 11.2. The molecule has 1 heterocycles. The Hall–Kier alpha value is -0.390. The number of methoxy groups -OCH3 is 1. The molecule has 0 radical (unpaired) electrons. The predicted octanol–water partition coefficient (Wildman–Crippen LogP) is 2.41. The molecule has 0 saturated heterocycles. The van der Waals surface area contributed by atoms with Crippen LogP contribution in [-0.2, 0) is 16.1 Å². The van der Waals surface area contributed by atoms with Gasteiger partial charge in [-0.1, -0.05) is 6.92 Å². The molecule has 5 heteroatoms. The highest BCUT2D eigenvalue weighted by Crippen LogP contribution is 2.22. The SMILES string of the molecule is COC(=O)C(C)CNCc1sccc1Br. The van der Waals surface area contributed by atoms with Crippen molar-refractivity contribution in [2.24, 2.45) is 5.92 Å². The highest BCUT2D eigenvalue weighted by atomic mass is 79.9. The molecular formula is C10H14BrNO2S. The van der Waals surface area contributed by atoms with Gasteiger partial charge in [0, 0.05) is 22.4 Å². The lowest BCUT2D eigenvalue weighted by atomic mass is 10.2. The molecule has 0 amide bonds. The van der Waals surface area contributed by atoms with Gasteiger partial charge in [-0.3, -0.25) is 4.79 Å². The monoisotopic (exact) mass is 291 g/mol. The first-order chi connectivity index (χ1) is 7.15. The van der Waals surface area contributed by atoms with Gasteiger partial charge in [-0.15, -0.1) is 11.3 Å². The highest BCUT2D eigenvalue weighted by Gasteiger charge is 2.12. The molecule has 0 saturated carbocycles. The number of rotatable bonds is 5. The summed E-state index contributed by atoms with van der Waals surface area (Å²) in [6.45, 7) is 3.26. The summed E-state index contributed by atoms with van der Waals surface area (Å²) in [6, 6.07) is 2.02. The third-order valence-electron chi connectivity index (χ3n) is 2.03.